The van der Waals surface area contributed by atoms with Gasteiger partial charge in [-0.2, -0.15) is 0 Å². The van der Waals surface area contributed by atoms with Crippen LogP contribution in [-0.4, -0.2) is 29.1 Å². The first-order chi connectivity index (χ1) is 9.40. The number of benzene rings is 1. The molecule has 1 aliphatic rings. The van der Waals surface area contributed by atoms with Gasteiger partial charge in [-0.1, -0.05) is 13.8 Å². The number of rotatable bonds is 4. The summed E-state index contributed by atoms with van der Waals surface area (Å²) in [5, 5.41) is 20.0. The lowest BCUT2D eigenvalue weighted by atomic mass is 9.95. The summed E-state index contributed by atoms with van der Waals surface area (Å²) in [5.74, 6) is -0.0464. The number of hydrogen-bond acceptors (Lipinski definition) is 4. The zero-order valence-electron chi connectivity index (χ0n) is 11.6. The second kappa shape index (κ2) is 5.48. The number of carboxylic acid groups (broad SMARTS) is 1. The van der Waals surface area contributed by atoms with Crippen LogP contribution in [0.5, 0.6) is 0 Å². The molecule has 0 saturated carbocycles. The second-order valence-electron chi connectivity index (χ2n) is 5.50. The van der Waals surface area contributed by atoms with Gasteiger partial charge in [0.05, 0.1) is 16.2 Å². The van der Waals surface area contributed by atoms with Crippen LogP contribution in [0.3, 0.4) is 0 Å². The summed E-state index contributed by atoms with van der Waals surface area (Å²) in [6, 6.07) is 4.05. The summed E-state index contributed by atoms with van der Waals surface area (Å²) in [6.45, 7) is 5.90. The van der Waals surface area contributed by atoms with Gasteiger partial charge in [-0.3, -0.25) is 10.1 Å². The minimum atomic E-state index is -1.13. The number of aromatic carboxylic acids is 1. The highest BCUT2D eigenvalue weighted by Gasteiger charge is 2.28. The summed E-state index contributed by atoms with van der Waals surface area (Å²) in [6.07, 6.45) is 1.02. The molecule has 6 heteroatoms. The van der Waals surface area contributed by atoms with Gasteiger partial charge in [0, 0.05) is 25.2 Å². The number of nitro benzene ring substituents is 1. The molecular formula is C14H18N2O4. The maximum absolute atomic E-state index is 11.3. The Balaban J connectivity index is 2.32. The van der Waals surface area contributed by atoms with Crippen LogP contribution < -0.4 is 4.90 Å². The van der Waals surface area contributed by atoms with Crippen molar-refractivity contribution in [3.63, 3.8) is 0 Å². The van der Waals surface area contributed by atoms with Crippen molar-refractivity contribution in [2.75, 3.05) is 18.0 Å². The predicted molar refractivity (Wildman–Crippen MR) is 75.2 cm³/mol. The Labute approximate surface area is 117 Å². The lowest BCUT2D eigenvalue weighted by Crippen LogP contribution is -2.23. The minimum Gasteiger partial charge on any atom is -0.478 e. The molecule has 1 atom stereocenters. The molecule has 0 aliphatic carbocycles. The van der Waals surface area contributed by atoms with E-state index in [0.717, 1.165) is 25.6 Å². The Hall–Kier alpha value is -2.11. The zero-order valence-corrected chi connectivity index (χ0v) is 11.6. The molecule has 1 N–H and O–H groups in total. The maximum Gasteiger partial charge on any atom is 0.338 e. The van der Waals surface area contributed by atoms with Crippen molar-refractivity contribution in [3.05, 3.63) is 33.9 Å². The smallest absolute Gasteiger partial charge is 0.338 e. The molecule has 0 radical (unpaired) electrons. The fourth-order valence-electron chi connectivity index (χ4n) is 2.63. The summed E-state index contributed by atoms with van der Waals surface area (Å²) >= 11 is 0. The van der Waals surface area contributed by atoms with Gasteiger partial charge in [-0.25, -0.2) is 4.79 Å². The fourth-order valence-corrected chi connectivity index (χ4v) is 2.63. The molecule has 2 rings (SSSR count). The van der Waals surface area contributed by atoms with Crippen molar-refractivity contribution in [2.24, 2.45) is 11.8 Å². The summed E-state index contributed by atoms with van der Waals surface area (Å²) < 4.78 is 0. The van der Waals surface area contributed by atoms with Crippen LogP contribution in [-0.2, 0) is 0 Å². The van der Waals surface area contributed by atoms with Crippen LogP contribution in [0.1, 0.15) is 30.6 Å². The average Bonchev–Trinajstić information content (AvgIpc) is 2.87. The number of anilines is 1. The number of non-ortho nitro benzene ring substituents is 1. The van der Waals surface area contributed by atoms with E-state index in [4.69, 9.17) is 0 Å². The average molecular weight is 278 g/mol. The zero-order chi connectivity index (χ0) is 14.9. The molecule has 1 aromatic rings. The SMILES string of the molecule is CC(C)C1CCN(c2ccc([N+](=O)[O-])cc2C(=O)O)C1. The number of carboxylic acids is 1. The lowest BCUT2D eigenvalue weighted by molar-refractivity contribution is -0.384. The van der Waals surface area contributed by atoms with Crippen LogP contribution in [0, 0.1) is 22.0 Å². The van der Waals surface area contributed by atoms with E-state index in [0.29, 0.717) is 17.5 Å². The first-order valence-electron chi connectivity index (χ1n) is 6.67. The fraction of sp³-hybridized carbons (Fsp3) is 0.500. The van der Waals surface area contributed by atoms with E-state index in [1.165, 1.54) is 6.07 Å². The molecular weight excluding hydrogens is 260 g/mol. The van der Waals surface area contributed by atoms with Gasteiger partial charge >= 0.3 is 5.97 Å². The first kappa shape index (κ1) is 14.3. The van der Waals surface area contributed by atoms with Crippen molar-refractivity contribution < 1.29 is 14.8 Å². The van der Waals surface area contributed by atoms with Crippen molar-refractivity contribution in [3.8, 4) is 0 Å². The van der Waals surface area contributed by atoms with E-state index in [9.17, 15) is 20.0 Å². The standard InChI is InChI=1S/C14H18N2O4/c1-9(2)10-5-6-15(8-10)13-4-3-11(16(19)20)7-12(13)14(17)18/h3-4,7,9-10H,5-6,8H2,1-2H3,(H,17,18). The molecule has 108 valence electrons. The number of hydrogen-bond donors (Lipinski definition) is 1. The summed E-state index contributed by atoms with van der Waals surface area (Å²) in [4.78, 5) is 23.5. The molecule has 1 unspecified atom stereocenters. The normalized spacial score (nSPS) is 18.6. The third-order valence-electron chi connectivity index (χ3n) is 3.93. The van der Waals surface area contributed by atoms with Crippen LogP contribution in [0.15, 0.2) is 18.2 Å². The van der Waals surface area contributed by atoms with E-state index in [-0.39, 0.29) is 11.3 Å². The van der Waals surface area contributed by atoms with Gasteiger partial charge in [0.25, 0.3) is 5.69 Å². The monoisotopic (exact) mass is 278 g/mol. The Bertz CT molecular complexity index is 542. The van der Waals surface area contributed by atoms with Gasteiger partial charge in [0.15, 0.2) is 0 Å². The lowest BCUT2D eigenvalue weighted by Gasteiger charge is -2.21. The Morgan fingerprint density at radius 2 is 2.20 bits per heavy atom. The summed E-state index contributed by atoms with van der Waals surface area (Å²) in [7, 11) is 0. The highest BCUT2D eigenvalue weighted by molar-refractivity contribution is 5.95. The molecule has 0 aromatic heterocycles. The van der Waals surface area contributed by atoms with Gasteiger partial charge in [0.1, 0.15) is 0 Å². The maximum atomic E-state index is 11.3. The Morgan fingerprint density at radius 3 is 2.70 bits per heavy atom. The number of nitrogens with zero attached hydrogens (tertiary/aromatic N) is 2. The Morgan fingerprint density at radius 1 is 1.50 bits per heavy atom. The highest BCUT2D eigenvalue weighted by Crippen LogP contribution is 2.32. The molecule has 1 aliphatic heterocycles. The van der Waals surface area contributed by atoms with E-state index < -0.39 is 10.9 Å². The second-order valence-corrected chi connectivity index (χ2v) is 5.50. The molecule has 1 fully saturated rings. The molecule has 1 heterocycles. The molecule has 0 bridgehead atoms. The van der Waals surface area contributed by atoms with Gasteiger partial charge in [0.2, 0.25) is 0 Å². The van der Waals surface area contributed by atoms with E-state index in [2.05, 4.69) is 13.8 Å². The Kier molecular flexibility index (Phi) is 3.92. The number of carbonyl (C=O) groups is 1. The quantitative estimate of drug-likeness (QED) is 0.676. The molecule has 20 heavy (non-hydrogen) atoms. The molecule has 0 amide bonds. The van der Waals surface area contributed by atoms with Crippen LogP contribution in [0.2, 0.25) is 0 Å². The van der Waals surface area contributed by atoms with E-state index >= 15 is 0 Å². The topological polar surface area (TPSA) is 83.7 Å². The highest BCUT2D eigenvalue weighted by atomic mass is 16.6. The van der Waals surface area contributed by atoms with Crippen molar-refractivity contribution in [1.29, 1.82) is 0 Å². The largest absolute Gasteiger partial charge is 0.478 e. The van der Waals surface area contributed by atoms with E-state index in [1.807, 2.05) is 4.90 Å². The van der Waals surface area contributed by atoms with Crippen molar-refractivity contribution >= 4 is 17.3 Å². The number of nitro groups is 1. The van der Waals surface area contributed by atoms with Gasteiger partial charge in [-0.05, 0) is 24.3 Å². The summed E-state index contributed by atoms with van der Waals surface area (Å²) in [5.41, 5.74) is 0.389. The minimum absolute atomic E-state index is 0.00334. The van der Waals surface area contributed by atoms with Crippen LogP contribution in [0.4, 0.5) is 11.4 Å². The molecule has 6 nitrogen and oxygen atoms in total. The first-order valence-corrected chi connectivity index (χ1v) is 6.67. The van der Waals surface area contributed by atoms with E-state index in [1.54, 1.807) is 6.07 Å². The van der Waals surface area contributed by atoms with Gasteiger partial charge < -0.3 is 10.0 Å². The van der Waals surface area contributed by atoms with Crippen molar-refractivity contribution in [2.45, 2.75) is 20.3 Å². The van der Waals surface area contributed by atoms with Crippen LogP contribution >= 0.6 is 0 Å². The molecule has 1 saturated heterocycles. The third-order valence-corrected chi connectivity index (χ3v) is 3.93. The molecule has 0 spiro atoms. The van der Waals surface area contributed by atoms with Crippen molar-refractivity contribution in [1.82, 2.24) is 0 Å². The molecule has 1 aromatic carbocycles. The third kappa shape index (κ3) is 2.74. The predicted octanol–water partition coefficient (Wildman–Crippen LogP) is 2.78. The van der Waals surface area contributed by atoms with Crippen LogP contribution in [0.25, 0.3) is 0 Å². The van der Waals surface area contributed by atoms with Gasteiger partial charge in [-0.15, -0.1) is 0 Å².